The molecule has 3 aromatic rings. The van der Waals surface area contributed by atoms with Crippen LogP contribution < -0.4 is 14.2 Å². The Hall–Kier alpha value is -2.83. The molecular weight excluding hydrogens is 485 g/mol. The molecule has 0 aliphatic carbocycles. The third kappa shape index (κ3) is 6.06. The van der Waals surface area contributed by atoms with Crippen LogP contribution in [0.2, 0.25) is 5.02 Å². The second-order valence-corrected chi connectivity index (χ2v) is 9.43. The Bertz CT molecular complexity index is 1190. The molecule has 0 amide bonds. The first-order valence-corrected chi connectivity index (χ1v) is 12.6. The minimum Gasteiger partial charge on any atom is -0.494 e. The maximum Gasteiger partial charge on any atom is 0.141 e. The molecular formula is C28H29ClFNO3S. The van der Waals surface area contributed by atoms with E-state index in [4.69, 9.17) is 38.0 Å². The summed E-state index contributed by atoms with van der Waals surface area (Å²) in [7, 11) is 0. The number of hydrogen-bond acceptors (Lipinski definition) is 4. The minimum absolute atomic E-state index is 0.0555. The molecule has 3 aromatic carbocycles. The summed E-state index contributed by atoms with van der Waals surface area (Å²) in [4.78, 5) is 2.75. The van der Waals surface area contributed by atoms with E-state index in [1.54, 1.807) is 12.1 Å². The second kappa shape index (κ2) is 11.3. The molecule has 0 N–H and O–H groups in total. The van der Waals surface area contributed by atoms with Gasteiger partial charge < -0.3 is 19.1 Å². The predicted octanol–water partition coefficient (Wildman–Crippen LogP) is 7.02. The highest BCUT2D eigenvalue weighted by molar-refractivity contribution is 7.80. The zero-order chi connectivity index (χ0) is 24.9. The minimum atomic E-state index is -0.463. The lowest BCUT2D eigenvalue weighted by atomic mass is 9.92. The van der Waals surface area contributed by atoms with Gasteiger partial charge >= 0.3 is 0 Å². The SMILES string of the molecule is CCOc1ccc(OCC2c3ccc(OC(C)C)cc3CCN2C(=S)c2ccc(F)c(Cl)c2)cc1. The van der Waals surface area contributed by atoms with E-state index in [1.165, 1.54) is 11.6 Å². The van der Waals surface area contributed by atoms with Crippen LogP contribution in [0, 0.1) is 5.82 Å². The first-order chi connectivity index (χ1) is 16.9. The highest BCUT2D eigenvalue weighted by Crippen LogP contribution is 2.35. The van der Waals surface area contributed by atoms with Gasteiger partial charge in [-0.05, 0) is 92.9 Å². The normalized spacial score (nSPS) is 15.0. The Kier molecular flexibility index (Phi) is 8.14. The lowest BCUT2D eigenvalue weighted by molar-refractivity contribution is 0.190. The quantitative estimate of drug-likeness (QED) is 0.302. The van der Waals surface area contributed by atoms with Crippen molar-refractivity contribution in [3.05, 3.63) is 88.2 Å². The zero-order valence-corrected chi connectivity index (χ0v) is 21.7. The van der Waals surface area contributed by atoms with Gasteiger partial charge in [0.2, 0.25) is 0 Å². The third-order valence-corrected chi connectivity index (χ3v) is 6.57. The number of thiocarbonyl (C=S) groups is 1. The summed E-state index contributed by atoms with van der Waals surface area (Å²) in [6.07, 6.45) is 0.905. The predicted molar refractivity (Wildman–Crippen MR) is 142 cm³/mol. The Morgan fingerprint density at radius 2 is 1.71 bits per heavy atom. The molecule has 0 aromatic heterocycles. The van der Waals surface area contributed by atoms with E-state index in [-0.39, 0.29) is 17.2 Å². The van der Waals surface area contributed by atoms with E-state index in [0.717, 1.165) is 29.2 Å². The number of hydrogen-bond donors (Lipinski definition) is 0. The highest BCUT2D eigenvalue weighted by Gasteiger charge is 2.31. The van der Waals surface area contributed by atoms with Crippen molar-refractivity contribution in [3.8, 4) is 17.2 Å². The molecule has 1 atom stereocenters. The van der Waals surface area contributed by atoms with Gasteiger partial charge in [0.1, 0.15) is 34.7 Å². The van der Waals surface area contributed by atoms with Gasteiger partial charge in [-0.3, -0.25) is 0 Å². The fraction of sp³-hybridized carbons (Fsp3) is 0.321. The van der Waals surface area contributed by atoms with Gasteiger partial charge in [-0.25, -0.2) is 4.39 Å². The van der Waals surface area contributed by atoms with Crippen LogP contribution in [0.5, 0.6) is 17.2 Å². The summed E-state index contributed by atoms with van der Waals surface area (Å²) in [5.74, 6) is 1.94. The lowest BCUT2D eigenvalue weighted by Crippen LogP contribution is -2.42. The molecule has 7 heteroatoms. The van der Waals surface area contributed by atoms with Gasteiger partial charge in [0.15, 0.2) is 0 Å². The number of fused-ring (bicyclic) bond motifs is 1. The third-order valence-electron chi connectivity index (χ3n) is 5.81. The topological polar surface area (TPSA) is 30.9 Å². The summed E-state index contributed by atoms with van der Waals surface area (Å²) >= 11 is 11.9. The van der Waals surface area contributed by atoms with E-state index in [2.05, 4.69) is 17.0 Å². The summed E-state index contributed by atoms with van der Waals surface area (Å²) in [6, 6.07) is 18.2. The highest BCUT2D eigenvalue weighted by atomic mass is 35.5. The summed E-state index contributed by atoms with van der Waals surface area (Å²) in [6.45, 7) is 7.68. The van der Waals surface area contributed by atoms with Gasteiger partial charge in [0.25, 0.3) is 0 Å². The first kappa shape index (κ1) is 25.3. The van der Waals surface area contributed by atoms with Crippen molar-refractivity contribution in [2.45, 2.75) is 39.3 Å². The van der Waals surface area contributed by atoms with Gasteiger partial charge in [0.05, 0.1) is 23.8 Å². The molecule has 0 radical (unpaired) electrons. The van der Waals surface area contributed by atoms with Crippen LogP contribution in [0.25, 0.3) is 0 Å². The smallest absolute Gasteiger partial charge is 0.141 e. The Morgan fingerprint density at radius 3 is 2.37 bits per heavy atom. The Balaban J connectivity index is 1.62. The van der Waals surface area contributed by atoms with E-state index in [0.29, 0.717) is 30.3 Å². The largest absolute Gasteiger partial charge is 0.494 e. The van der Waals surface area contributed by atoms with E-state index in [9.17, 15) is 4.39 Å². The van der Waals surface area contributed by atoms with Crippen molar-refractivity contribution in [3.63, 3.8) is 0 Å². The first-order valence-electron chi connectivity index (χ1n) is 11.8. The summed E-state index contributed by atoms with van der Waals surface area (Å²) in [5, 5.41) is 0.0555. The van der Waals surface area contributed by atoms with E-state index >= 15 is 0 Å². The van der Waals surface area contributed by atoms with Crippen molar-refractivity contribution in [1.29, 1.82) is 0 Å². The number of benzene rings is 3. The van der Waals surface area contributed by atoms with E-state index < -0.39 is 5.82 Å². The van der Waals surface area contributed by atoms with Gasteiger partial charge in [-0.2, -0.15) is 0 Å². The molecule has 1 unspecified atom stereocenters. The van der Waals surface area contributed by atoms with Crippen molar-refractivity contribution in [1.82, 2.24) is 4.90 Å². The summed E-state index contributed by atoms with van der Waals surface area (Å²) in [5.41, 5.74) is 3.05. The van der Waals surface area contributed by atoms with Crippen molar-refractivity contribution in [2.24, 2.45) is 0 Å². The molecule has 0 fully saturated rings. The van der Waals surface area contributed by atoms with Crippen molar-refractivity contribution >= 4 is 28.8 Å². The van der Waals surface area contributed by atoms with Crippen molar-refractivity contribution < 1.29 is 18.6 Å². The zero-order valence-electron chi connectivity index (χ0n) is 20.1. The summed E-state index contributed by atoms with van der Waals surface area (Å²) < 4.78 is 31.4. The number of halogens is 2. The molecule has 0 bridgehead atoms. The monoisotopic (exact) mass is 513 g/mol. The average Bonchev–Trinajstić information content (AvgIpc) is 2.84. The Labute approximate surface area is 216 Å². The second-order valence-electron chi connectivity index (χ2n) is 8.64. The molecule has 1 aliphatic rings. The van der Waals surface area contributed by atoms with Gasteiger partial charge in [0, 0.05) is 12.1 Å². The van der Waals surface area contributed by atoms with Crippen LogP contribution in [-0.4, -0.2) is 35.8 Å². The fourth-order valence-corrected chi connectivity index (χ4v) is 4.75. The van der Waals surface area contributed by atoms with Crippen molar-refractivity contribution in [2.75, 3.05) is 19.8 Å². The molecule has 0 spiro atoms. The van der Waals surface area contributed by atoms with Crippen LogP contribution >= 0.6 is 23.8 Å². The molecule has 4 nitrogen and oxygen atoms in total. The van der Waals surface area contributed by atoms with E-state index in [1.807, 2.05) is 51.1 Å². The molecule has 1 aliphatic heterocycles. The standard InChI is InChI=1S/C28H29ClFNO3S/c1-4-32-21-6-8-22(9-7-21)33-17-27-24-11-10-23(34-18(2)3)15-19(24)13-14-31(27)28(35)20-5-12-26(30)25(29)16-20/h5-12,15-16,18,27H,4,13-14,17H2,1-3H3. The van der Waals surface area contributed by atoms with Crippen LogP contribution in [0.15, 0.2) is 60.7 Å². The molecule has 4 rings (SSSR count). The molecule has 35 heavy (non-hydrogen) atoms. The molecule has 0 saturated heterocycles. The fourth-order valence-electron chi connectivity index (χ4n) is 4.23. The van der Waals surface area contributed by atoms with Gasteiger partial charge in [-0.15, -0.1) is 0 Å². The maximum atomic E-state index is 13.8. The van der Waals surface area contributed by atoms with Crippen LogP contribution in [0.4, 0.5) is 4.39 Å². The molecule has 184 valence electrons. The molecule has 0 saturated carbocycles. The number of nitrogens with zero attached hydrogens (tertiary/aromatic N) is 1. The number of rotatable bonds is 8. The van der Waals surface area contributed by atoms with Crippen LogP contribution in [0.3, 0.4) is 0 Å². The number of ether oxygens (including phenoxy) is 3. The van der Waals surface area contributed by atoms with Gasteiger partial charge in [-0.1, -0.05) is 29.9 Å². The molecule has 1 heterocycles. The maximum absolute atomic E-state index is 13.8. The average molecular weight is 514 g/mol. The lowest BCUT2D eigenvalue weighted by Gasteiger charge is -2.39. The van der Waals surface area contributed by atoms with Crippen LogP contribution in [-0.2, 0) is 6.42 Å². The Morgan fingerprint density at radius 1 is 1.03 bits per heavy atom. The van der Waals surface area contributed by atoms with Crippen LogP contribution in [0.1, 0.15) is 43.5 Å².